The van der Waals surface area contributed by atoms with E-state index in [0.29, 0.717) is 17.1 Å². The summed E-state index contributed by atoms with van der Waals surface area (Å²) in [5.41, 5.74) is 11.5. The lowest BCUT2D eigenvalue weighted by Gasteiger charge is -2.10. The second kappa shape index (κ2) is 5.45. The maximum atomic E-state index is 11.4. The molecule has 0 unspecified atom stereocenters. The van der Waals surface area contributed by atoms with Gasteiger partial charge in [-0.25, -0.2) is 8.42 Å². The van der Waals surface area contributed by atoms with Crippen molar-refractivity contribution in [2.75, 3.05) is 12.0 Å². The highest BCUT2D eigenvalue weighted by Gasteiger charge is 2.11. The Labute approximate surface area is 122 Å². The number of carbonyl (C=O) groups is 1. The molecule has 0 atom stereocenters. The first-order valence-corrected chi connectivity index (χ1v) is 7.84. The van der Waals surface area contributed by atoms with E-state index in [0.717, 1.165) is 6.26 Å². The summed E-state index contributed by atoms with van der Waals surface area (Å²) < 4.78 is 28.4. The van der Waals surface area contributed by atoms with Crippen molar-refractivity contribution < 1.29 is 17.9 Å². The van der Waals surface area contributed by atoms with Crippen molar-refractivity contribution in [2.24, 2.45) is 5.73 Å². The van der Waals surface area contributed by atoms with Crippen LogP contribution in [-0.4, -0.2) is 20.6 Å². The fourth-order valence-corrected chi connectivity index (χ4v) is 2.32. The number of carbonyl (C=O) groups excluding carboxylic acids is 1. The lowest BCUT2D eigenvalue weighted by molar-refractivity contribution is 0.100. The quantitative estimate of drug-likeness (QED) is 0.832. The number of ether oxygens (including phenoxy) is 1. The Hall–Kier alpha value is -2.54. The third-order valence-electron chi connectivity index (χ3n) is 2.78. The first-order chi connectivity index (χ1) is 9.77. The third-order valence-corrected chi connectivity index (χ3v) is 3.89. The van der Waals surface area contributed by atoms with Gasteiger partial charge in [0, 0.05) is 11.8 Å². The molecule has 21 heavy (non-hydrogen) atoms. The molecule has 110 valence electrons. The van der Waals surface area contributed by atoms with Crippen LogP contribution in [0.1, 0.15) is 10.4 Å². The van der Waals surface area contributed by atoms with Crippen molar-refractivity contribution in [3.8, 4) is 11.5 Å². The number of hydrogen-bond donors (Lipinski definition) is 2. The van der Waals surface area contributed by atoms with Crippen molar-refractivity contribution in [3.63, 3.8) is 0 Å². The SMILES string of the molecule is CS(=O)(=O)c1ccc(Oc2ccc(C(N)=O)cc2)c(N)c1. The molecule has 0 bridgehead atoms. The molecule has 6 nitrogen and oxygen atoms in total. The van der Waals surface area contributed by atoms with Gasteiger partial charge in [-0.15, -0.1) is 0 Å². The number of amides is 1. The van der Waals surface area contributed by atoms with Crippen LogP contribution >= 0.6 is 0 Å². The molecule has 4 N–H and O–H groups in total. The number of sulfone groups is 1. The van der Waals surface area contributed by atoms with Gasteiger partial charge in [0.2, 0.25) is 5.91 Å². The molecule has 2 rings (SSSR count). The molecule has 0 aliphatic rings. The van der Waals surface area contributed by atoms with E-state index < -0.39 is 15.7 Å². The van der Waals surface area contributed by atoms with E-state index in [2.05, 4.69) is 0 Å². The molecule has 0 heterocycles. The van der Waals surface area contributed by atoms with E-state index in [1.807, 2.05) is 0 Å². The summed E-state index contributed by atoms with van der Waals surface area (Å²) in [5.74, 6) is 0.256. The van der Waals surface area contributed by atoms with E-state index in [1.54, 1.807) is 12.1 Å². The third kappa shape index (κ3) is 3.51. The zero-order valence-electron chi connectivity index (χ0n) is 11.2. The first-order valence-electron chi connectivity index (χ1n) is 5.94. The highest BCUT2D eigenvalue weighted by atomic mass is 32.2. The Morgan fingerprint density at radius 3 is 2.19 bits per heavy atom. The van der Waals surface area contributed by atoms with Crippen LogP contribution in [0.5, 0.6) is 11.5 Å². The van der Waals surface area contributed by atoms with Gasteiger partial charge >= 0.3 is 0 Å². The molecular formula is C14H14N2O4S. The second-order valence-electron chi connectivity index (χ2n) is 4.46. The van der Waals surface area contributed by atoms with Gasteiger partial charge < -0.3 is 16.2 Å². The van der Waals surface area contributed by atoms with E-state index in [-0.39, 0.29) is 10.6 Å². The number of primary amides is 1. The highest BCUT2D eigenvalue weighted by Crippen LogP contribution is 2.29. The molecule has 0 aromatic heterocycles. The fourth-order valence-electron chi connectivity index (χ4n) is 1.66. The lowest BCUT2D eigenvalue weighted by Crippen LogP contribution is -2.10. The van der Waals surface area contributed by atoms with Crippen molar-refractivity contribution in [3.05, 3.63) is 48.0 Å². The monoisotopic (exact) mass is 306 g/mol. The summed E-state index contributed by atoms with van der Waals surface area (Å²) >= 11 is 0. The summed E-state index contributed by atoms with van der Waals surface area (Å²) in [5, 5.41) is 0. The van der Waals surface area contributed by atoms with Crippen molar-refractivity contribution >= 4 is 21.4 Å². The zero-order chi connectivity index (χ0) is 15.6. The second-order valence-corrected chi connectivity index (χ2v) is 6.48. The molecule has 1 amide bonds. The predicted molar refractivity (Wildman–Crippen MR) is 79.0 cm³/mol. The standard InChI is InChI=1S/C14H14N2O4S/c1-21(18,19)11-6-7-13(12(15)8-11)20-10-4-2-9(3-5-10)14(16)17/h2-8H,15H2,1H3,(H2,16,17). The Balaban J connectivity index is 2.26. The number of anilines is 1. The number of nitrogens with two attached hydrogens (primary N) is 2. The first kappa shape index (κ1) is 14.9. The summed E-state index contributed by atoms with van der Waals surface area (Å²) in [7, 11) is -3.32. The average Bonchev–Trinajstić information content (AvgIpc) is 2.40. The van der Waals surface area contributed by atoms with Crippen LogP contribution in [0.4, 0.5) is 5.69 Å². The van der Waals surface area contributed by atoms with E-state index in [9.17, 15) is 13.2 Å². The van der Waals surface area contributed by atoms with Crippen LogP contribution in [0, 0.1) is 0 Å². The Morgan fingerprint density at radius 2 is 1.71 bits per heavy atom. The van der Waals surface area contributed by atoms with Crippen molar-refractivity contribution in [2.45, 2.75) is 4.90 Å². The number of rotatable bonds is 4. The van der Waals surface area contributed by atoms with Gasteiger partial charge in [0.1, 0.15) is 11.5 Å². The molecule has 2 aromatic carbocycles. The topological polar surface area (TPSA) is 112 Å². The van der Waals surface area contributed by atoms with Crippen LogP contribution < -0.4 is 16.2 Å². The van der Waals surface area contributed by atoms with Crippen LogP contribution in [0.25, 0.3) is 0 Å². The van der Waals surface area contributed by atoms with Crippen LogP contribution in [0.2, 0.25) is 0 Å². The Kier molecular flexibility index (Phi) is 3.86. The highest BCUT2D eigenvalue weighted by molar-refractivity contribution is 7.90. The lowest BCUT2D eigenvalue weighted by atomic mass is 10.2. The van der Waals surface area contributed by atoms with Crippen LogP contribution in [0.15, 0.2) is 47.4 Å². The molecule has 0 radical (unpaired) electrons. The predicted octanol–water partition coefficient (Wildman–Crippen LogP) is 1.56. The minimum atomic E-state index is -3.32. The molecule has 0 saturated heterocycles. The maximum Gasteiger partial charge on any atom is 0.248 e. The van der Waals surface area contributed by atoms with Gasteiger partial charge in [-0.1, -0.05) is 0 Å². The van der Waals surface area contributed by atoms with Gasteiger partial charge in [0.05, 0.1) is 10.6 Å². The van der Waals surface area contributed by atoms with Crippen LogP contribution in [0.3, 0.4) is 0 Å². The summed E-state index contributed by atoms with van der Waals surface area (Å²) in [4.78, 5) is 11.1. The van der Waals surface area contributed by atoms with E-state index in [1.165, 1.54) is 30.3 Å². The molecule has 0 spiro atoms. The smallest absolute Gasteiger partial charge is 0.248 e. The number of nitrogen functional groups attached to an aromatic ring is 1. The minimum absolute atomic E-state index is 0.122. The molecule has 0 aliphatic heterocycles. The molecular weight excluding hydrogens is 292 g/mol. The van der Waals surface area contributed by atoms with Gasteiger partial charge in [0.15, 0.2) is 9.84 Å². The average molecular weight is 306 g/mol. The maximum absolute atomic E-state index is 11.4. The van der Waals surface area contributed by atoms with Crippen LogP contribution in [-0.2, 0) is 9.84 Å². The van der Waals surface area contributed by atoms with Gasteiger partial charge in [-0.2, -0.15) is 0 Å². The Morgan fingerprint density at radius 1 is 1.10 bits per heavy atom. The van der Waals surface area contributed by atoms with E-state index >= 15 is 0 Å². The van der Waals surface area contributed by atoms with Gasteiger partial charge in [-0.3, -0.25) is 4.79 Å². The largest absolute Gasteiger partial charge is 0.455 e. The number of benzene rings is 2. The molecule has 0 aliphatic carbocycles. The molecule has 0 saturated carbocycles. The van der Waals surface area contributed by atoms with Crippen molar-refractivity contribution in [1.29, 1.82) is 0 Å². The van der Waals surface area contributed by atoms with E-state index in [4.69, 9.17) is 16.2 Å². The Bertz CT molecular complexity index is 783. The van der Waals surface area contributed by atoms with Gasteiger partial charge in [-0.05, 0) is 42.5 Å². The molecule has 0 fully saturated rings. The van der Waals surface area contributed by atoms with Gasteiger partial charge in [0.25, 0.3) is 0 Å². The molecule has 2 aromatic rings. The minimum Gasteiger partial charge on any atom is -0.455 e. The summed E-state index contributed by atoms with van der Waals surface area (Å²) in [6.45, 7) is 0. The summed E-state index contributed by atoms with van der Waals surface area (Å²) in [6, 6.07) is 10.4. The number of hydrogen-bond acceptors (Lipinski definition) is 5. The molecule has 7 heteroatoms. The zero-order valence-corrected chi connectivity index (χ0v) is 12.1. The summed E-state index contributed by atoms with van der Waals surface area (Å²) in [6.07, 6.45) is 1.10. The van der Waals surface area contributed by atoms with Crippen molar-refractivity contribution in [1.82, 2.24) is 0 Å². The fraction of sp³-hybridized carbons (Fsp3) is 0.0714. The normalized spacial score (nSPS) is 11.1.